The Morgan fingerprint density at radius 3 is 2.68 bits per heavy atom. The molecule has 1 amide bonds. The number of aryl methyl sites for hydroxylation is 1. The number of nitrogens with zero attached hydrogens (tertiary/aromatic N) is 2. The van der Waals surface area contributed by atoms with E-state index in [2.05, 4.69) is 26.2 Å². The van der Waals surface area contributed by atoms with Crippen LogP contribution in [0.1, 0.15) is 23.7 Å². The van der Waals surface area contributed by atoms with E-state index in [-0.39, 0.29) is 24.0 Å². The molecule has 1 aromatic heterocycles. The van der Waals surface area contributed by atoms with Gasteiger partial charge in [0.05, 0.1) is 4.90 Å². The summed E-state index contributed by atoms with van der Waals surface area (Å²) < 4.78 is 28.8. The smallest absolute Gasteiger partial charge is 0.253 e. The van der Waals surface area contributed by atoms with E-state index in [9.17, 15) is 18.3 Å². The van der Waals surface area contributed by atoms with Crippen molar-refractivity contribution < 1.29 is 18.3 Å². The van der Waals surface area contributed by atoms with E-state index in [4.69, 9.17) is 0 Å². The van der Waals surface area contributed by atoms with Gasteiger partial charge in [-0.25, -0.2) is 8.42 Å². The van der Waals surface area contributed by atoms with Crippen molar-refractivity contribution in [3.8, 4) is 0 Å². The SMILES string of the molecule is Cc1cncc2c(S(=O)(=O)N3CC[C@@H](NC(=O)C(O)c4ccc(Br)cc4)C3)cccc12. The van der Waals surface area contributed by atoms with Crippen LogP contribution in [-0.4, -0.2) is 47.9 Å². The van der Waals surface area contributed by atoms with Crippen LogP contribution in [0.5, 0.6) is 0 Å². The van der Waals surface area contributed by atoms with Gasteiger partial charge in [-0.1, -0.05) is 40.2 Å². The molecule has 7 nitrogen and oxygen atoms in total. The second kappa shape index (κ2) is 8.66. The Morgan fingerprint density at radius 2 is 1.94 bits per heavy atom. The number of carbonyl (C=O) groups is 1. The van der Waals surface area contributed by atoms with Crippen molar-refractivity contribution in [3.63, 3.8) is 0 Å². The fraction of sp³-hybridized carbons (Fsp3) is 0.273. The molecule has 0 aliphatic carbocycles. The van der Waals surface area contributed by atoms with E-state index in [0.29, 0.717) is 17.4 Å². The zero-order chi connectivity index (χ0) is 22.2. The maximum atomic E-state index is 13.3. The number of aliphatic hydroxyl groups excluding tert-OH is 1. The monoisotopic (exact) mass is 503 g/mol. The molecule has 1 aliphatic rings. The number of benzene rings is 2. The normalized spacial score (nSPS) is 18.2. The Bertz CT molecular complexity index is 1230. The molecule has 1 fully saturated rings. The van der Waals surface area contributed by atoms with Crippen molar-refractivity contribution in [1.82, 2.24) is 14.6 Å². The van der Waals surface area contributed by atoms with E-state index in [1.807, 2.05) is 13.0 Å². The van der Waals surface area contributed by atoms with Gasteiger partial charge in [0, 0.05) is 41.4 Å². The van der Waals surface area contributed by atoms with E-state index >= 15 is 0 Å². The largest absolute Gasteiger partial charge is 0.378 e. The highest BCUT2D eigenvalue weighted by atomic mass is 79.9. The lowest BCUT2D eigenvalue weighted by Gasteiger charge is -2.19. The second-order valence-corrected chi connectivity index (χ2v) is 10.4. The summed E-state index contributed by atoms with van der Waals surface area (Å²) in [6.45, 7) is 2.33. The standard InChI is InChI=1S/C22H22BrN3O4S/c1-14-11-24-12-19-18(14)3-2-4-20(19)31(29,30)26-10-9-17(13-26)25-22(28)21(27)15-5-7-16(23)8-6-15/h2-8,11-12,17,21,27H,9-10,13H2,1H3,(H,25,28)/t17-,21?/m1/s1. The first-order chi connectivity index (χ1) is 14.8. The summed E-state index contributed by atoms with van der Waals surface area (Å²) in [4.78, 5) is 16.8. The van der Waals surface area contributed by atoms with Crippen molar-refractivity contribution in [2.75, 3.05) is 13.1 Å². The predicted molar refractivity (Wildman–Crippen MR) is 121 cm³/mol. The Balaban J connectivity index is 1.49. The molecule has 162 valence electrons. The molecule has 2 heterocycles. The number of aliphatic hydroxyl groups is 1. The molecule has 1 aliphatic heterocycles. The van der Waals surface area contributed by atoms with Gasteiger partial charge in [0.2, 0.25) is 10.0 Å². The van der Waals surface area contributed by atoms with Gasteiger partial charge in [-0.2, -0.15) is 4.31 Å². The average molecular weight is 504 g/mol. The molecule has 3 aromatic rings. The van der Waals surface area contributed by atoms with Crippen LogP contribution in [0.4, 0.5) is 0 Å². The van der Waals surface area contributed by atoms with Crippen LogP contribution < -0.4 is 5.32 Å². The summed E-state index contributed by atoms with van der Waals surface area (Å²) in [5, 5.41) is 14.5. The molecule has 0 saturated carbocycles. The number of aromatic nitrogens is 1. The summed E-state index contributed by atoms with van der Waals surface area (Å²) in [5.74, 6) is -0.545. The quantitative estimate of drug-likeness (QED) is 0.557. The molecule has 0 spiro atoms. The second-order valence-electron chi connectivity index (χ2n) is 7.62. The zero-order valence-electron chi connectivity index (χ0n) is 16.8. The van der Waals surface area contributed by atoms with Gasteiger partial charge in [-0.3, -0.25) is 9.78 Å². The maximum absolute atomic E-state index is 13.3. The van der Waals surface area contributed by atoms with Gasteiger partial charge in [-0.05, 0) is 48.1 Å². The van der Waals surface area contributed by atoms with E-state index < -0.39 is 22.0 Å². The van der Waals surface area contributed by atoms with Gasteiger partial charge in [-0.15, -0.1) is 0 Å². The van der Waals surface area contributed by atoms with Crippen molar-refractivity contribution >= 4 is 42.6 Å². The minimum Gasteiger partial charge on any atom is -0.378 e. The summed E-state index contributed by atoms with van der Waals surface area (Å²) >= 11 is 3.32. The third-order valence-corrected chi connectivity index (χ3v) is 7.96. The number of hydrogen-bond donors (Lipinski definition) is 2. The molecule has 2 N–H and O–H groups in total. The minimum atomic E-state index is -3.75. The Kier molecular flexibility index (Phi) is 6.11. The molecular formula is C22H22BrN3O4S. The summed E-state index contributed by atoms with van der Waals surface area (Å²) in [5.41, 5.74) is 1.38. The number of nitrogens with one attached hydrogen (secondary N) is 1. The van der Waals surface area contributed by atoms with E-state index in [0.717, 1.165) is 15.4 Å². The Hall–Kier alpha value is -2.33. The lowest BCUT2D eigenvalue weighted by Crippen LogP contribution is -2.40. The van der Waals surface area contributed by atoms with Crippen molar-refractivity contribution in [1.29, 1.82) is 0 Å². The first-order valence-corrected chi connectivity index (χ1v) is 12.1. The molecule has 1 saturated heterocycles. The molecule has 2 aromatic carbocycles. The average Bonchev–Trinajstić information content (AvgIpc) is 3.23. The number of halogens is 1. The molecule has 1 unspecified atom stereocenters. The van der Waals surface area contributed by atoms with Crippen LogP contribution in [0.15, 0.2) is 64.2 Å². The molecule has 9 heteroatoms. The van der Waals surface area contributed by atoms with Crippen LogP contribution >= 0.6 is 15.9 Å². The van der Waals surface area contributed by atoms with Crippen LogP contribution in [0.3, 0.4) is 0 Å². The van der Waals surface area contributed by atoms with E-state index in [1.54, 1.807) is 48.8 Å². The fourth-order valence-corrected chi connectivity index (χ4v) is 5.77. The van der Waals surface area contributed by atoms with Gasteiger partial charge < -0.3 is 10.4 Å². The highest BCUT2D eigenvalue weighted by Crippen LogP contribution is 2.29. The fourth-order valence-electron chi connectivity index (χ4n) is 3.82. The maximum Gasteiger partial charge on any atom is 0.253 e. The van der Waals surface area contributed by atoms with Gasteiger partial charge in [0.15, 0.2) is 6.10 Å². The van der Waals surface area contributed by atoms with Crippen molar-refractivity contribution in [2.45, 2.75) is 30.4 Å². The predicted octanol–water partition coefficient (Wildman–Crippen LogP) is 2.92. The lowest BCUT2D eigenvalue weighted by molar-refractivity contribution is -0.130. The van der Waals surface area contributed by atoms with Crippen LogP contribution in [0.2, 0.25) is 0 Å². The molecule has 0 bridgehead atoms. The third kappa shape index (κ3) is 4.36. The molecule has 31 heavy (non-hydrogen) atoms. The molecular weight excluding hydrogens is 482 g/mol. The first kappa shape index (κ1) is 21.9. The minimum absolute atomic E-state index is 0.150. The lowest BCUT2D eigenvalue weighted by atomic mass is 10.1. The topological polar surface area (TPSA) is 99.6 Å². The van der Waals surface area contributed by atoms with Crippen molar-refractivity contribution in [3.05, 3.63) is 70.5 Å². The highest BCUT2D eigenvalue weighted by molar-refractivity contribution is 9.10. The van der Waals surface area contributed by atoms with Gasteiger partial charge in [0.25, 0.3) is 5.91 Å². The summed E-state index contributed by atoms with van der Waals surface area (Å²) in [6, 6.07) is 11.6. The summed E-state index contributed by atoms with van der Waals surface area (Å²) in [6.07, 6.45) is 2.43. The van der Waals surface area contributed by atoms with Crippen LogP contribution in [0.25, 0.3) is 10.8 Å². The number of carbonyl (C=O) groups excluding carboxylic acids is 1. The number of fused-ring (bicyclic) bond motifs is 1. The van der Waals surface area contributed by atoms with Gasteiger partial charge >= 0.3 is 0 Å². The Labute approximate surface area is 189 Å². The number of rotatable bonds is 5. The molecule has 0 radical (unpaired) electrons. The van der Waals surface area contributed by atoms with Crippen LogP contribution in [-0.2, 0) is 14.8 Å². The number of sulfonamides is 1. The number of hydrogen-bond acceptors (Lipinski definition) is 5. The highest BCUT2D eigenvalue weighted by Gasteiger charge is 2.35. The molecule has 4 rings (SSSR count). The number of amides is 1. The van der Waals surface area contributed by atoms with Crippen LogP contribution in [0, 0.1) is 6.92 Å². The van der Waals surface area contributed by atoms with Gasteiger partial charge in [0.1, 0.15) is 0 Å². The Morgan fingerprint density at radius 1 is 1.19 bits per heavy atom. The first-order valence-electron chi connectivity index (χ1n) is 9.85. The van der Waals surface area contributed by atoms with Crippen molar-refractivity contribution in [2.24, 2.45) is 0 Å². The number of pyridine rings is 1. The van der Waals surface area contributed by atoms with E-state index in [1.165, 1.54) is 4.31 Å². The summed E-state index contributed by atoms with van der Waals surface area (Å²) in [7, 11) is -3.75. The third-order valence-electron chi connectivity index (χ3n) is 5.51. The zero-order valence-corrected chi connectivity index (χ0v) is 19.2. The molecule has 2 atom stereocenters.